The fourth-order valence-electron chi connectivity index (χ4n) is 13.2. The van der Waals surface area contributed by atoms with E-state index in [4.69, 9.17) is 23.2 Å². The highest BCUT2D eigenvalue weighted by atomic mass is 35.5. The minimum absolute atomic E-state index is 0.132. The van der Waals surface area contributed by atoms with Crippen LogP contribution in [0.5, 0.6) is 0 Å². The van der Waals surface area contributed by atoms with Gasteiger partial charge in [-0.15, -0.1) is 79.4 Å². The van der Waals surface area contributed by atoms with E-state index < -0.39 is 0 Å². The molecule has 2 amide bonds. The Hall–Kier alpha value is -2.64. The topological polar surface area (TPSA) is 37.4 Å². The fourth-order valence-corrected chi connectivity index (χ4v) is 22.3. The molecule has 466 valence electrons. The Bertz CT molecular complexity index is 3290. The maximum absolute atomic E-state index is 14.7. The smallest absolute Gasteiger partial charge is 0.263 e. The third-order valence-corrected chi connectivity index (χ3v) is 27.3. The molecule has 0 saturated carbocycles. The first-order valence-electron chi connectivity index (χ1n) is 33.7. The maximum atomic E-state index is 14.7. The molecule has 0 radical (unpaired) electrons. The number of halogens is 2. The Kier molecular flexibility index (Phi) is 26.9. The van der Waals surface area contributed by atoms with Gasteiger partial charge in [0.25, 0.3) is 11.8 Å². The van der Waals surface area contributed by atoms with Gasteiger partial charge in [0.1, 0.15) is 0 Å². The van der Waals surface area contributed by atoms with Gasteiger partial charge in [-0.1, -0.05) is 244 Å². The Balaban J connectivity index is 1.12. The molecular weight excluding hydrogens is 1230 g/mol. The SMILES string of the molecule is CCCCCCCCC(CCCCCC)Cc1sc(-c2c3cc(-c4ccc(-c5sc(-c6ccc(C)s6)c6c5C(=O)N(CCCCCCCC)C6=O)s4)sc3c(-c3cc(Cl)c(CC(CCCCCC)CCCCCCCC)s3)c3cc(C)sc23)cc1Cl. The minimum atomic E-state index is -0.135. The number of rotatable bonds is 40. The number of hydrogen-bond acceptors (Lipinski definition) is 9. The molecule has 86 heavy (non-hydrogen) atoms. The van der Waals surface area contributed by atoms with E-state index in [9.17, 15) is 9.59 Å². The number of fused-ring (bicyclic) bond motifs is 3. The second kappa shape index (κ2) is 34.1. The van der Waals surface area contributed by atoms with E-state index in [1.54, 1.807) is 38.9 Å². The highest BCUT2D eigenvalue weighted by Gasteiger charge is 2.42. The van der Waals surface area contributed by atoms with Crippen LogP contribution in [0, 0.1) is 25.7 Å². The summed E-state index contributed by atoms with van der Waals surface area (Å²) in [5.74, 6) is 1.01. The predicted octanol–water partition coefficient (Wildman–Crippen LogP) is 28.4. The number of nitrogens with zero attached hydrogens (tertiary/aromatic N) is 1. The van der Waals surface area contributed by atoms with Gasteiger partial charge in [0.2, 0.25) is 0 Å². The summed E-state index contributed by atoms with van der Waals surface area (Å²) in [7, 11) is 0. The molecule has 3 nitrogen and oxygen atoms in total. The van der Waals surface area contributed by atoms with Crippen molar-refractivity contribution in [3.05, 3.63) is 89.2 Å². The average molecular weight is 1330 g/mol. The van der Waals surface area contributed by atoms with Crippen LogP contribution in [0.3, 0.4) is 0 Å². The molecule has 0 spiro atoms. The van der Waals surface area contributed by atoms with E-state index in [1.807, 2.05) is 45.3 Å². The Morgan fingerprint density at radius 1 is 0.372 bits per heavy atom. The highest BCUT2D eigenvalue weighted by Crippen LogP contribution is 2.56. The molecule has 9 rings (SSSR count). The summed E-state index contributed by atoms with van der Waals surface area (Å²) in [5, 5.41) is 4.42. The van der Waals surface area contributed by atoms with E-state index in [2.05, 4.69) is 97.0 Å². The molecule has 12 heteroatoms. The lowest BCUT2D eigenvalue weighted by Crippen LogP contribution is -2.31. The molecule has 7 aromatic heterocycles. The number of carbonyl (C=O) groups excluding carboxylic acids is 2. The molecule has 1 aliphatic heterocycles. The van der Waals surface area contributed by atoms with Crippen molar-refractivity contribution in [3.63, 3.8) is 0 Å². The lowest BCUT2D eigenvalue weighted by Gasteiger charge is -2.17. The van der Waals surface area contributed by atoms with E-state index in [-0.39, 0.29) is 11.8 Å². The van der Waals surface area contributed by atoms with Crippen LogP contribution in [0.15, 0.2) is 48.5 Å². The third kappa shape index (κ3) is 17.1. The number of thiophene rings is 7. The minimum Gasteiger partial charge on any atom is -0.274 e. The Morgan fingerprint density at radius 3 is 1.26 bits per heavy atom. The van der Waals surface area contributed by atoms with Crippen LogP contribution < -0.4 is 0 Å². The summed E-state index contributed by atoms with van der Waals surface area (Å²) in [4.78, 5) is 44.7. The molecule has 0 N–H and O–H groups in total. The van der Waals surface area contributed by atoms with E-state index >= 15 is 0 Å². The third-order valence-electron chi connectivity index (χ3n) is 18.0. The van der Waals surface area contributed by atoms with Crippen LogP contribution in [-0.4, -0.2) is 23.3 Å². The molecule has 0 saturated heterocycles. The van der Waals surface area contributed by atoms with E-state index in [0.29, 0.717) is 29.5 Å². The standard InChI is InChI=1S/C74H97Cl2NO2S7/c1-8-13-18-23-26-31-36-51(34-29-21-16-11-4)44-60-55(75)47-63(83-60)65-53-43-50(7)81-69(53)66(64-48-56(76)61(84-64)45-52(35-30-22-17-12-5)37-32-27-24-19-14-9-2)54-46-62(85-70(54)65)57-40-41-59(82-57)72-68-67(71(86-72)58-39-38-49(6)80-58)73(78)77(74(68)79)42-33-28-25-20-15-10-3/h38-41,43,46-48,51-52H,8-37,42,44-45H2,1-7H3. The lowest BCUT2D eigenvalue weighted by atomic mass is 9.91. The molecule has 1 aliphatic rings. The largest absolute Gasteiger partial charge is 0.274 e. The summed E-state index contributed by atoms with van der Waals surface area (Å²) < 4.78 is 2.63. The van der Waals surface area contributed by atoms with Crippen LogP contribution >= 0.6 is 103 Å². The van der Waals surface area contributed by atoms with Crippen molar-refractivity contribution in [2.45, 2.75) is 254 Å². The van der Waals surface area contributed by atoms with Crippen molar-refractivity contribution in [1.29, 1.82) is 0 Å². The van der Waals surface area contributed by atoms with Gasteiger partial charge < -0.3 is 0 Å². The number of carbonyl (C=O) groups is 2. The van der Waals surface area contributed by atoms with Gasteiger partial charge in [0, 0.05) is 86.6 Å². The Morgan fingerprint density at radius 2 is 0.779 bits per heavy atom. The summed E-state index contributed by atoms with van der Waals surface area (Å²) in [6.45, 7) is 16.3. The average Bonchev–Trinajstić information content (AvgIpc) is 1.60. The van der Waals surface area contributed by atoms with Crippen molar-refractivity contribution in [3.8, 4) is 50.1 Å². The lowest BCUT2D eigenvalue weighted by molar-refractivity contribution is 0.0651. The number of aryl methyl sites for hydroxylation is 2. The first-order chi connectivity index (χ1) is 42.0. The molecule has 1 aromatic carbocycles. The zero-order valence-corrected chi connectivity index (χ0v) is 60.2. The van der Waals surface area contributed by atoms with E-state index in [1.165, 1.54) is 244 Å². The monoisotopic (exact) mass is 1330 g/mol. The molecule has 0 bridgehead atoms. The van der Waals surface area contributed by atoms with Crippen molar-refractivity contribution in [1.82, 2.24) is 4.90 Å². The summed E-state index contributed by atoms with van der Waals surface area (Å²) in [6.07, 6.45) is 40.1. The Labute approximate surface area is 555 Å². The molecule has 8 heterocycles. The van der Waals surface area contributed by atoms with Gasteiger partial charge in [-0.25, -0.2) is 0 Å². The molecular formula is C74H97Cl2NO2S7. The summed E-state index contributed by atoms with van der Waals surface area (Å²) in [5.41, 5.74) is 3.81. The van der Waals surface area contributed by atoms with Crippen LogP contribution in [0.1, 0.15) is 267 Å². The van der Waals surface area contributed by atoms with Gasteiger partial charge in [-0.2, -0.15) is 0 Å². The van der Waals surface area contributed by atoms with Gasteiger partial charge in [-0.3, -0.25) is 14.5 Å². The highest BCUT2D eigenvalue weighted by molar-refractivity contribution is 7.31. The van der Waals surface area contributed by atoms with Gasteiger partial charge in [-0.05, 0) is 93.5 Å². The number of imide groups is 1. The molecule has 2 atom stereocenters. The van der Waals surface area contributed by atoms with E-state index in [0.717, 1.165) is 61.7 Å². The van der Waals surface area contributed by atoms with Crippen molar-refractivity contribution in [2.75, 3.05) is 6.54 Å². The van der Waals surface area contributed by atoms with Crippen molar-refractivity contribution >= 4 is 135 Å². The van der Waals surface area contributed by atoms with Crippen LogP contribution in [0.4, 0.5) is 0 Å². The summed E-state index contributed by atoms with van der Waals surface area (Å²) in [6, 6.07) is 18.3. The number of unbranched alkanes of at least 4 members (excludes halogenated alkanes) is 21. The van der Waals surface area contributed by atoms with Gasteiger partial charge in [0.05, 0.1) is 30.9 Å². The van der Waals surface area contributed by atoms with Crippen molar-refractivity contribution < 1.29 is 9.59 Å². The zero-order chi connectivity index (χ0) is 60.5. The van der Waals surface area contributed by atoms with Crippen molar-refractivity contribution in [2.24, 2.45) is 11.8 Å². The molecule has 8 aromatic rings. The van der Waals surface area contributed by atoms with Crippen LogP contribution in [-0.2, 0) is 12.8 Å². The fraction of sp³-hybridized carbons (Fsp3) is 0.568. The normalized spacial score (nSPS) is 13.5. The predicted molar refractivity (Wildman–Crippen MR) is 390 cm³/mol. The zero-order valence-electron chi connectivity index (χ0n) is 53.0. The molecule has 2 unspecified atom stereocenters. The van der Waals surface area contributed by atoms with Crippen LogP contribution in [0.25, 0.3) is 70.3 Å². The number of amides is 2. The first-order valence-corrected chi connectivity index (χ1v) is 40.2. The van der Waals surface area contributed by atoms with Gasteiger partial charge in [0.15, 0.2) is 0 Å². The quantitative estimate of drug-likeness (QED) is 0.0284. The van der Waals surface area contributed by atoms with Crippen LogP contribution in [0.2, 0.25) is 10.0 Å². The first kappa shape index (κ1) is 67.7. The molecule has 0 fully saturated rings. The maximum Gasteiger partial charge on any atom is 0.263 e. The van der Waals surface area contributed by atoms with Gasteiger partial charge >= 0.3 is 0 Å². The number of hydrogen-bond donors (Lipinski definition) is 0. The second-order valence-electron chi connectivity index (χ2n) is 25.0. The molecule has 0 aliphatic carbocycles. The summed E-state index contributed by atoms with van der Waals surface area (Å²) >= 11 is 27.8. The second-order valence-corrected chi connectivity index (χ2v) is 33.8. The number of benzene rings is 1.